The van der Waals surface area contributed by atoms with E-state index in [1.54, 1.807) is 19.4 Å². The Hall–Kier alpha value is -2.79. The molecule has 0 aliphatic carbocycles. The fourth-order valence-electron chi connectivity index (χ4n) is 2.56. The summed E-state index contributed by atoms with van der Waals surface area (Å²) in [4.78, 5) is 3.04. The Kier molecular flexibility index (Phi) is 4.82. The number of ether oxygens (including phenoxy) is 2. The standard InChI is InChI=1S/C19H20N2O3/c1-21-11-10-20-19(21)18(22)15-8-9-16(17(12-15)23-2)24-13-14-6-4-3-5-7-14/h3-12,18,22H,13H2,1-2H3/p+1. The second-order valence-corrected chi connectivity index (χ2v) is 5.54. The van der Waals surface area contributed by atoms with Crippen LogP contribution in [0, 0.1) is 0 Å². The number of aliphatic hydroxyl groups excluding tert-OH is 1. The van der Waals surface area contributed by atoms with Crippen LogP contribution in [0.15, 0.2) is 60.9 Å². The third kappa shape index (κ3) is 3.41. The number of aryl methyl sites for hydroxylation is 1. The maximum atomic E-state index is 10.5. The highest BCUT2D eigenvalue weighted by molar-refractivity contribution is 5.44. The molecule has 1 aromatic heterocycles. The van der Waals surface area contributed by atoms with Crippen LogP contribution in [0.3, 0.4) is 0 Å². The minimum absolute atomic E-state index is 0.463. The van der Waals surface area contributed by atoms with Crippen molar-refractivity contribution >= 4 is 0 Å². The van der Waals surface area contributed by atoms with Crippen LogP contribution in [-0.4, -0.2) is 17.2 Å². The van der Waals surface area contributed by atoms with Gasteiger partial charge in [-0.3, -0.25) is 0 Å². The normalized spacial score (nSPS) is 12.0. The summed E-state index contributed by atoms with van der Waals surface area (Å²) < 4.78 is 13.1. The first-order valence-corrected chi connectivity index (χ1v) is 7.74. The zero-order valence-electron chi connectivity index (χ0n) is 13.8. The molecular formula is C19H21N2O3+. The Morgan fingerprint density at radius 1 is 1.12 bits per heavy atom. The van der Waals surface area contributed by atoms with Gasteiger partial charge in [0.1, 0.15) is 19.0 Å². The summed E-state index contributed by atoms with van der Waals surface area (Å²) in [5.41, 5.74) is 1.82. The molecule has 3 aromatic rings. The minimum Gasteiger partial charge on any atom is -0.493 e. The van der Waals surface area contributed by atoms with Gasteiger partial charge in [-0.05, 0) is 23.3 Å². The number of methoxy groups -OCH3 is 1. The van der Waals surface area contributed by atoms with Crippen molar-refractivity contribution in [1.29, 1.82) is 0 Å². The van der Waals surface area contributed by atoms with Gasteiger partial charge >= 0.3 is 0 Å². The summed E-state index contributed by atoms with van der Waals surface area (Å²) in [5, 5.41) is 10.5. The molecule has 1 atom stereocenters. The highest BCUT2D eigenvalue weighted by Gasteiger charge is 2.22. The van der Waals surface area contributed by atoms with Crippen LogP contribution in [-0.2, 0) is 13.7 Å². The van der Waals surface area contributed by atoms with E-state index in [-0.39, 0.29) is 0 Å². The predicted molar refractivity (Wildman–Crippen MR) is 89.8 cm³/mol. The Balaban J connectivity index is 1.79. The number of rotatable bonds is 6. The third-order valence-electron chi connectivity index (χ3n) is 3.91. The van der Waals surface area contributed by atoms with Crippen molar-refractivity contribution in [3.63, 3.8) is 0 Å². The van der Waals surface area contributed by atoms with Crippen LogP contribution < -0.4 is 14.0 Å². The molecule has 0 saturated heterocycles. The fourth-order valence-corrected chi connectivity index (χ4v) is 2.56. The number of nitrogens with zero attached hydrogens (tertiary/aromatic N) is 1. The number of benzene rings is 2. The van der Waals surface area contributed by atoms with Crippen LogP contribution in [0.5, 0.6) is 11.5 Å². The van der Waals surface area contributed by atoms with E-state index in [4.69, 9.17) is 9.47 Å². The quantitative estimate of drug-likeness (QED) is 0.685. The Morgan fingerprint density at radius 3 is 2.58 bits per heavy atom. The number of hydrogen-bond acceptors (Lipinski definition) is 3. The predicted octanol–water partition coefficient (Wildman–Crippen LogP) is 2.51. The molecule has 124 valence electrons. The first-order chi connectivity index (χ1) is 11.7. The molecule has 0 radical (unpaired) electrons. The molecule has 0 aliphatic rings. The maximum absolute atomic E-state index is 10.5. The van der Waals surface area contributed by atoms with E-state index in [0.717, 1.165) is 11.1 Å². The molecule has 24 heavy (non-hydrogen) atoms. The van der Waals surface area contributed by atoms with Crippen LogP contribution in [0.2, 0.25) is 0 Å². The maximum Gasteiger partial charge on any atom is 0.288 e. The lowest BCUT2D eigenvalue weighted by atomic mass is 10.1. The first kappa shape index (κ1) is 16.1. The van der Waals surface area contributed by atoms with Gasteiger partial charge in [0.25, 0.3) is 5.82 Å². The van der Waals surface area contributed by atoms with Gasteiger partial charge < -0.3 is 14.6 Å². The Morgan fingerprint density at radius 2 is 1.92 bits per heavy atom. The number of imidazole rings is 1. The number of aliphatic hydroxyl groups is 1. The van der Waals surface area contributed by atoms with Gasteiger partial charge in [0.05, 0.1) is 14.2 Å². The third-order valence-corrected chi connectivity index (χ3v) is 3.91. The zero-order valence-corrected chi connectivity index (χ0v) is 13.8. The van der Waals surface area contributed by atoms with Crippen LogP contribution >= 0.6 is 0 Å². The van der Waals surface area contributed by atoms with Gasteiger partial charge in [-0.1, -0.05) is 36.4 Å². The van der Waals surface area contributed by atoms with Crippen molar-refractivity contribution in [1.82, 2.24) is 4.98 Å². The lowest BCUT2D eigenvalue weighted by Gasteiger charge is -2.13. The Labute approximate surface area is 141 Å². The van der Waals surface area contributed by atoms with Crippen molar-refractivity contribution in [3.8, 4) is 11.5 Å². The van der Waals surface area contributed by atoms with Crippen molar-refractivity contribution < 1.29 is 19.1 Å². The van der Waals surface area contributed by atoms with E-state index in [0.29, 0.717) is 23.9 Å². The number of H-pyrrole nitrogens is 1. The minimum atomic E-state index is -0.762. The molecule has 1 heterocycles. The topological polar surface area (TPSA) is 58.4 Å². The average molecular weight is 325 g/mol. The van der Waals surface area contributed by atoms with Gasteiger partial charge in [-0.2, -0.15) is 0 Å². The molecule has 2 aromatic carbocycles. The highest BCUT2D eigenvalue weighted by Crippen LogP contribution is 2.32. The average Bonchev–Trinajstić information content (AvgIpc) is 3.06. The van der Waals surface area contributed by atoms with Crippen molar-refractivity contribution in [3.05, 3.63) is 77.9 Å². The van der Waals surface area contributed by atoms with E-state index in [1.165, 1.54) is 0 Å². The second-order valence-electron chi connectivity index (χ2n) is 5.54. The lowest BCUT2D eigenvalue weighted by Crippen LogP contribution is -2.32. The lowest BCUT2D eigenvalue weighted by molar-refractivity contribution is -0.681. The van der Waals surface area contributed by atoms with Gasteiger partial charge in [0.15, 0.2) is 17.6 Å². The monoisotopic (exact) mass is 325 g/mol. The summed E-state index contributed by atoms with van der Waals surface area (Å²) in [6.07, 6.45) is 2.88. The van der Waals surface area contributed by atoms with Gasteiger partial charge in [-0.25, -0.2) is 9.55 Å². The molecule has 0 aliphatic heterocycles. The SMILES string of the molecule is COc1cc(C(O)c2[nH]cc[n+]2C)ccc1OCc1ccccc1. The molecule has 0 bridgehead atoms. The van der Waals surface area contributed by atoms with Gasteiger partial charge in [-0.15, -0.1) is 0 Å². The van der Waals surface area contributed by atoms with E-state index in [9.17, 15) is 5.11 Å². The van der Waals surface area contributed by atoms with Gasteiger partial charge in [0.2, 0.25) is 0 Å². The summed E-state index contributed by atoms with van der Waals surface area (Å²) in [5.74, 6) is 1.94. The molecule has 5 heteroatoms. The smallest absolute Gasteiger partial charge is 0.288 e. The van der Waals surface area contributed by atoms with Crippen molar-refractivity contribution in [2.24, 2.45) is 7.05 Å². The number of aromatic amines is 1. The molecule has 0 saturated carbocycles. The number of hydrogen-bond donors (Lipinski definition) is 2. The molecule has 0 fully saturated rings. The van der Waals surface area contributed by atoms with E-state index in [1.807, 2.05) is 60.3 Å². The summed E-state index contributed by atoms with van der Waals surface area (Å²) in [7, 11) is 3.47. The highest BCUT2D eigenvalue weighted by atomic mass is 16.5. The van der Waals surface area contributed by atoms with Crippen LogP contribution in [0.1, 0.15) is 23.1 Å². The molecule has 3 rings (SSSR count). The number of nitrogens with one attached hydrogen (secondary N) is 1. The summed E-state index contributed by atoms with van der Waals surface area (Å²) >= 11 is 0. The fraction of sp³-hybridized carbons (Fsp3) is 0.211. The van der Waals surface area contributed by atoms with Crippen LogP contribution in [0.4, 0.5) is 0 Å². The van der Waals surface area contributed by atoms with Crippen molar-refractivity contribution in [2.45, 2.75) is 12.7 Å². The molecule has 0 spiro atoms. The van der Waals surface area contributed by atoms with E-state index < -0.39 is 6.10 Å². The molecular weight excluding hydrogens is 304 g/mol. The molecule has 0 amide bonds. The molecule has 5 nitrogen and oxygen atoms in total. The van der Waals surface area contributed by atoms with Crippen molar-refractivity contribution in [2.75, 3.05) is 7.11 Å². The van der Waals surface area contributed by atoms with E-state index in [2.05, 4.69) is 4.98 Å². The molecule has 2 N–H and O–H groups in total. The first-order valence-electron chi connectivity index (χ1n) is 7.74. The summed E-state index contributed by atoms with van der Waals surface area (Å²) in [6.45, 7) is 0.463. The number of aromatic nitrogens is 2. The second kappa shape index (κ2) is 7.19. The van der Waals surface area contributed by atoms with Gasteiger partial charge in [0, 0.05) is 0 Å². The zero-order chi connectivity index (χ0) is 16.9. The summed E-state index contributed by atoms with van der Waals surface area (Å²) in [6, 6.07) is 15.4. The molecule has 1 unspecified atom stereocenters. The van der Waals surface area contributed by atoms with E-state index >= 15 is 0 Å². The largest absolute Gasteiger partial charge is 0.493 e. The van der Waals surface area contributed by atoms with Crippen LogP contribution in [0.25, 0.3) is 0 Å². The Bertz CT molecular complexity index is 799.